The second-order valence-corrected chi connectivity index (χ2v) is 0.709. The Morgan fingerprint density at radius 2 is 2.57 bits per heavy atom. The molecule has 0 rings (SSSR count). The molecule has 0 bridgehead atoms. The zero-order valence-corrected chi connectivity index (χ0v) is 3.42. The van der Waals surface area contributed by atoms with Gasteiger partial charge in [-0.15, -0.1) is 4.99 Å². The van der Waals surface area contributed by atoms with Crippen LogP contribution in [0, 0.1) is 11.5 Å². The van der Waals surface area contributed by atoms with Gasteiger partial charge in [-0.2, -0.15) is 5.26 Å². The fraction of sp³-hybridized carbons (Fsp3) is 0. The van der Waals surface area contributed by atoms with E-state index in [2.05, 4.69) is 4.99 Å². The van der Waals surface area contributed by atoms with Crippen LogP contribution in [0.1, 0.15) is 0 Å². The van der Waals surface area contributed by atoms with Crippen molar-refractivity contribution >= 4 is 5.96 Å². The monoisotopic (exact) mass is 100 g/mol. The Bertz CT molecular complexity index is 111. The molecule has 0 heterocycles. The first kappa shape index (κ1) is 5.72. The minimum absolute atomic E-state index is 0.303. The molecule has 0 unspecified atom stereocenters. The molecule has 0 atom stereocenters. The molecular formula is C2H4N4O. The molecule has 5 nitrogen and oxygen atoms in total. The molecule has 7 heavy (non-hydrogen) atoms. The van der Waals surface area contributed by atoms with Crippen molar-refractivity contribution in [2.24, 2.45) is 10.7 Å². The number of nitrogens with zero attached hydrogens (tertiary/aromatic N) is 2. The third kappa shape index (κ3) is 2.52. The van der Waals surface area contributed by atoms with E-state index in [0.29, 0.717) is 0 Å². The molecule has 0 aromatic heterocycles. The molecule has 0 spiro atoms. The fourth-order valence-corrected chi connectivity index (χ4v) is 0.0789. The molecule has 0 amide bonds. The average molecular weight is 100 g/mol. The minimum atomic E-state index is -0.303. The maximum Gasteiger partial charge on any atom is 0.228 e. The molecule has 4 N–H and O–H groups in total. The summed E-state index contributed by atoms with van der Waals surface area (Å²) in [4.78, 5) is 2.88. The molecule has 0 aliphatic heterocycles. The highest BCUT2D eigenvalue weighted by Gasteiger charge is 1.77. The van der Waals surface area contributed by atoms with E-state index in [-0.39, 0.29) is 5.96 Å². The molecule has 0 saturated heterocycles. The first-order chi connectivity index (χ1) is 3.31. The lowest BCUT2D eigenvalue weighted by Gasteiger charge is -1.86. The Hall–Kier alpha value is -1.28. The van der Waals surface area contributed by atoms with Crippen molar-refractivity contribution in [3.63, 3.8) is 0 Å². The summed E-state index contributed by atoms with van der Waals surface area (Å²) in [6, 6.07) is 0. The maximum atomic E-state index is 7.81. The quantitative estimate of drug-likeness (QED) is 0.153. The molecular weight excluding hydrogens is 96.0 g/mol. The van der Waals surface area contributed by atoms with Crippen LogP contribution in [0.4, 0.5) is 0 Å². The van der Waals surface area contributed by atoms with Crippen molar-refractivity contribution in [2.45, 2.75) is 0 Å². The molecule has 0 aliphatic carbocycles. The van der Waals surface area contributed by atoms with E-state index in [1.165, 1.54) is 11.7 Å². The summed E-state index contributed by atoms with van der Waals surface area (Å²) in [6.07, 6.45) is 1.36. The van der Waals surface area contributed by atoms with Gasteiger partial charge in [0.25, 0.3) is 0 Å². The van der Waals surface area contributed by atoms with Gasteiger partial charge in [-0.3, -0.25) is 5.21 Å². The van der Waals surface area contributed by atoms with Gasteiger partial charge in [0, 0.05) is 0 Å². The van der Waals surface area contributed by atoms with E-state index < -0.39 is 0 Å². The second-order valence-electron chi connectivity index (χ2n) is 0.709. The lowest BCUT2D eigenvalue weighted by atomic mass is 11.0. The zero-order valence-electron chi connectivity index (χ0n) is 3.42. The molecule has 38 valence electrons. The summed E-state index contributed by atoms with van der Waals surface area (Å²) in [6.45, 7) is 0. The SMILES string of the molecule is N#CN=C(N)NO. The molecule has 0 aromatic carbocycles. The third-order valence-corrected chi connectivity index (χ3v) is 0.285. The van der Waals surface area contributed by atoms with Gasteiger partial charge < -0.3 is 5.73 Å². The Morgan fingerprint density at radius 3 is 2.71 bits per heavy atom. The predicted molar refractivity (Wildman–Crippen MR) is 22.2 cm³/mol. The topological polar surface area (TPSA) is 94.4 Å². The van der Waals surface area contributed by atoms with Gasteiger partial charge >= 0.3 is 0 Å². The molecule has 0 aliphatic rings. The first-order valence-electron chi connectivity index (χ1n) is 1.43. The van der Waals surface area contributed by atoms with Crippen molar-refractivity contribution in [3.8, 4) is 6.19 Å². The van der Waals surface area contributed by atoms with Gasteiger partial charge in [0.1, 0.15) is 0 Å². The van der Waals surface area contributed by atoms with Crippen molar-refractivity contribution < 1.29 is 5.21 Å². The highest BCUT2D eigenvalue weighted by atomic mass is 16.5. The van der Waals surface area contributed by atoms with Crippen LogP contribution < -0.4 is 11.2 Å². The van der Waals surface area contributed by atoms with E-state index in [1.54, 1.807) is 0 Å². The summed E-state index contributed by atoms with van der Waals surface area (Å²) >= 11 is 0. The Balaban J connectivity index is 3.56. The molecule has 5 heteroatoms. The molecule has 0 saturated carbocycles. The number of nitrogens with one attached hydrogen (secondary N) is 1. The van der Waals surface area contributed by atoms with Crippen LogP contribution in [0.25, 0.3) is 0 Å². The number of hydrogen-bond acceptors (Lipinski definition) is 3. The lowest BCUT2D eigenvalue weighted by molar-refractivity contribution is 0.233. The van der Waals surface area contributed by atoms with E-state index in [4.69, 9.17) is 16.2 Å². The van der Waals surface area contributed by atoms with Crippen LogP contribution in [0.3, 0.4) is 0 Å². The van der Waals surface area contributed by atoms with Gasteiger partial charge in [-0.1, -0.05) is 0 Å². The smallest absolute Gasteiger partial charge is 0.228 e. The lowest BCUT2D eigenvalue weighted by Crippen LogP contribution is -2.27. The Morgan fingerprint density at radius 1 is 2.00 bits per heavy atom. The summed E-state index contributed by atoms with van der Waals surface area (Å²) in [7, 11) is 0. The van der Waals surface area contributed by atoms with Crippen molar-refractivity contribution in [1.29, 1.82) is 5.26 Å². The highest BCUT2D eigenvalue weighted by Crippen LogP contribution is 1.54. The normalized spacial score (nSPS) is 10.0. The standard InChI is InChI=1S/C2H4N4O/c3-1-5-2(4)6-7/h7H,(H3,4,5,6). The van der Waals surface area contributed by atoms with Crippen LogP contribution in [0.5, 0.6) is 0 Å². The first-order valence-corrected chi connectivity index (χ1v) is 1.43. The Kier molecular flexibility index (Phi) is 2.40. The number of hydroxylamine groups is 1. The predicted octanol–water partition coefficient (Wildman–Crippen LogP) is -1.24. The summed E-state index contributed by atoms with van der Waals surface area (Å²) in [5.74, 6) is -0.303. The third-order valence-electron chi connectivity index (χ3n) is 0.285. The largest absolute Gasteiger partial charge is 0.367 e. The molecule has 0 radical (unpaired) electrons. The number of aliphatic imine (C=N–C) groups is 1. The maximum absolute atomic E-state index is 7.81. The van der Waals surface area contributed by atoms with Crippen LogP contribution in [-0.2, 0) is 0 Å². The van der Waals surface area contributed by atoms with Crippen molar-refractivity contribution in [2.75, 3.05) is 0 Å². The molecule has 0 fully saturated rings. The molecule has 0 aromatic rings. The summed E-state index contributed by atoms with van der Waals surface area (Å²) in [5.41, 5.74) is 6.22. The van der Waals surface area contributed by atoms with Gasteiger partial charge in [0.15, 0.2) is 0 Å². The second kappa shape index (κ2) is 2.93. The van der Waals surface area contributed by atoms with E-state index in [9.17, 15) is 0 Å². The van der Waals surface area contributed by atoms with Crippen LogP contribution >= 0.6 is 0 Å². The Labute approximate surface area is 40.0 Å². The van der Waals surface area contributed by atoms with Crippen molar-refractivity contribution in [1.82, 2.24) is 5.48 Å². The average Bonchev–Trinajstić information content (AvgIpc) is 1.68. The van der Waals surface area contributed by atoms with E-state index >= 15 is 0 Å². The summed E-state index contributed by atoms with van der Waals surface area (Å²) < 4.78 is 0. The number of nitriles is 1. The van der Waals surface area contributed by atoms with Gasteiger partial charge in [0.2, 0.25) is 12.2 Å². The number of hydrogen-bond donors (Lipinski definition) is 3. The highest BCUT2D eigenvalue weighted by molar-refractivity contribution is 5.77. The van der Waals surface area contributed by atoms with Crippen LogP contribution in [0.2, 0.25) is 0 Å². The van der Waals surface area contributed by atoms with E-state index in [0.717, 1.165) is 0 Å². The van der Waals surface area contributed by atoms with E-state index in [1.807, 2.05) is 0 Å². The number of nitrogens with two attached hydrogens (primary N) is 1. The number of rotatable bonds is 0. The van der Waals surface area contributed by atoms with Gasteiger partial charge in [-0.25, -0.2) is 5.48 Å². The fourth-order valence-electron chi connectivity index (χ4n) is 0.0789. The van der Waals surface area contributed by atoms with Crippen LogP contribution in [-0.4, -0.2) is 11.2 Å². The van der Waals surface area contributed by atoms with Crippen LogP contribution in [0.15, 0.2) is 4.99 Å². The minimum Gasteiger partial charge on any atom is -0.367 e. The van der Waals surface area contributed by atoms with Gasteiger partial charge in [-0.05, 0) is 0 Å². The van der Waals surface area contributed by atoms with Crippen molar-refractivity contribution in [3.05, 3.63) is 0 Å². The number of guanidine groups is 1. The van der Waals surface area contributed by atoms with Gasteiger partial charge in [0.05, 0.1) is 0 Å². The summed E-state index contributed by atoms with van der Waals surface area (Å²) in [5, 5.41) is 15.5. The zero-order chi connectivity index (χ0) is 5.70.